The molecule has 0 bridgehead atoms. The molecule has 0 heterocycles. The first-order chi connectivity index (χ1) is 10.0. The Labute approximate surface area is 129 Å². The van der Waals surface area contributed by atoms with Crippen molar-refractivity contribution in [2.45, 2.75) is 20.5 Å². The zero-order chi connectivity index (χ0) is 15.2. The highest BCUT2D eigenvalue weighted by Crippen LogP contribution is 2.29. The first-order valence-electron chi connectivity index (χ1n) is 6.75. The Kier molecular flexibility index (Phi) is 5.34. The van der Waals surface area contributed by atoms with Gasteiger partial charge in [0, 0.05) is 6.21 Å². The van der Waals surface area contributed by atoms with Crippen molar-refractivity contribution in [2.75, 3.05) is 0 Å². The van der Waals surface area contributed by atoms with Crippen LogP contribution in [-0.4, -0.2) is 6.21 Å². The maximum absolute atomic E-state index is 13.1. The summed E-state index contributed by atoms with van der Waals surface area (Å²) < 4.78 is 18.7. The van der Waals surface area contributed by atoms with E-state index in [1.165, 1.54) is 12.1 Å². The molecule has 0 atom stereocenters. The minimum atomic E-state index is -0.277. The van der Waals surface area contributed by atoms with Crippen molar-refractivity contribution >= 4 is 23.5 Å². The summed E-state index contributed by atoms with van der Waals surface area (Å²) in [4.78, 5) is 4.32. The third kappa shape index (κ3) is 4.87. The molecule has 2 aromatic rings. The SMILES string of the molecule is CC(C)C=Nc1ccc(OCc2cccc(F)c2)c(Cl)c1. The number of nitrogens with zero attached hydrogens (tertiary/aromatic N) is 1. The highest BCUT2D eigenvalue weighted by molar-refractivity contribution is 6.32. The zero-order valence-electron chi connectivity index (χ0n) is 12.0. The van der Waals surface area contributed by atoms with E-state index in [0.29, 0.717) is 16.7 Å². The molecule has 0 aliphatic carbocycles. The fourth-order valence-electron chi connectivity index (χ4n) is 1.71. The van der Waals surface area contributed by atoms with Gasteiger partial charge in [-0.2, -0.15) is 0 Å². The van der Waals surface area contributed by atoms with Crippen LogP contribution in [0.15, 0.2) is 47.5 Å². The lowest BCUT2D eigenvalue weighted by atomic mass is 10.2. The average molecular weight is 306 g/mol. The van der Waals surface area contributed by atoms with E-state index < -0.39 is 0 Å². The van der Waals surface area contributed by atoms with Crippen molar-refractivity contribution in [3.8, 4) is 5.75 Å². The van der Waals surface area contributed by atoms with Crippen molar-refractivity contribution in [1.29, 1.82) is 0 Å². The molecule has 0 aliphatic heterocycles. The van der Waals surface area contributed by atoms with Crippen LogP contribution in [0, 0.1) is 11.7 Å². The Morgan fingerprint density at radius 1 is 1.24 bits per heavy atom. The summed E-state index contributed by atoms with van der Waals surface area (Å²) in [5, 5.41) is 0.491. The molecule has 0 saturated carbocycles. The van der Waals surface area contributed by atoms with E-state index >= 15 is 0 Å². The van der Waals surface area contributed by atoms with E-state index in [9.17, 15) is 4.39 Å². The molecule has 110 valence electrons. The molecule has 2 rings (SSSR count). The van der Waals surface area contributed by atoms with Crippen LogP contribution in [0.1, 0.15) is 19.4 Å². The van der Waals surface area contributed by atoms with E-state index in [2.05, 4.69) is 18.8 Å². The largest absolute Gasteiger partial charge is 0.487 e. The fourth-order valence-corrected chi connectivity index (χ4v) is 1.94. The lowest BCUT2D eigenvalue weighted by molar-refractivity contribution is 0.306. The molecule has 0 saturated heterocycles. The van der Waals surface area contributed by atoms with Gasteiger partial charge in [0.15, 0.2) is 0 Å². The third-order valence-electron chi connectivity index (χ3n) is 2.72. The smallest absolute Gasteiger partial charge is 0.138 e. The Hall–Kier alpha value is -1.87. The molecule has 0 radical (unpaired) electrons. The van der Waals surface area contributed by atoms with Gasteiger partial charge in [-0.15, -0.1) is 0 Å². The number of rotatable bonds is 5. The van der Waals surface area contributed by atoms with Crippen molar-refractivity contribution in [1.82, 2.24) is 0 Å². The molecule has 0 aromatic heterocycles. The molecular formula is C17H17ClFNO. The highest BCUT2D eigenvalue weighted by atomic mass is 35.5. The van der Waals surface area contributed by atoms with Crippen LogP contribution < -0.4 is 4.74 Å². The molecule has 21 heavy (non-hydrogen) atoms. The molecule has 2 aromatic carbocycles. The third-order valence-corrected chi connectivity index (χ3v) is 3.02. The minimum Gasteiger partial charge on any atom is -0.487 e. The van der Waals surface area contributed by atoms with E-state index in [4.69, 9.17) is 16.3 Å². The Balaban J connectivity index is 2.04. The van der Waals surface area contributed by atoms with Crippen LogP contribution in [0.5, 0.6) is 5.75 Å². The molecule has 0 unspecified atom stereocenters. The number of halogens is 2. The summed E-state index contributed by atoms with van der Waals surface area (Å²) in [6.45, 7) is 4.38. The highest BCUT2D eigenvalue weighted by Gasteiger charge is 2.04. The fraction of sp³-hybridized carbons (Fsp3) is 0.235. The predicted octanol–water partition coefficient (Wildman–Crippen LogP) is 5.42. The van der Waals surface area contributed by atoms with Crippen LogP contribution >= 0.6 is 11.6 Å². The maximum atomic E-state index is 13.1. The second-order valence-electron chi connectivity index (χ2n) is 5.06. The van der Waals surface area contributed by atoms with Gasteiger partial charge in [-0.25, -0.2) is 4.39 Å². The molecule has 0 N–H and O–H groups in total. The van der Waals surface area contributed by atoms with Gasteiger partial charge in [0.1, 0.15) is 18.2 Å². The van der Waals surface area contributed by atoms with Crippen molar-refractivity contribution in [3.05, 3.63) is 58.9 Å². The summed E-state index contributed by atoms with van der Waals surface area (Å²) in [5.41, 5.74) is 1.54. The monoisotopic (exact) mass is 305 g/mol. The maximum Gasteiger partial charge on any atom is 0.138 e. The summed E-state index contributed by atoms with van der Waals surface area (Å²) in [5.74, 6) is 0.665. The minimum absolute atomic E-state index is 0.270. The lowest BCUT2D eigenvalue weighted by Crippen LogP contribution is -1.96. The zero-order valence-corrected chi connectivity index (χ0v) is 12.8. The second-order valence-corrected chi connectivity index (χ2v) is 5.46. The van der Waals surface area contributed by atoms with Crippen molar-refractivity contribution in [3.63, 3.8) is 0 Å². The van der Waals surface area contributed by atoms with Gasteiger partial charge in [-0.3, -0.25) is 4.99 Å². The van der Waals surface area contributed by atoms with Crippen molar-refractivity contribution < 1.29 is 9.13 Å². The normalized spacial score (nSPS) is 11.3. The molecule has 0 spiro atoms. The van der Waals surface area contributed by atoms with Gasteiger partial charge in [0.05, 0.1) is 10.7 Å². The Morgan fingerprint density at radius 3 is 2.71 bits per heavy atom. The van der Waals surface area contributed by atoms with E-state index in [1.807, 2.05) is 12.3 Å². The van der Waals surface area contributed by atoms with Crippen LogP contribution in [0.2, 0.25) is 5.02 Å². The van der Waals surface area contributed by atoms with E-state index in [-0.39, 0.29) is 12.4 Å². The quantitative estimate of drug-likeness (QED) is 0.676. The topological polar surface area (TPSA) is 21.6 Å². The summed E-state index contributed by atoms with van der Waals surface area (Å²) in [6.07, 6.45) is 1.86. The van der Waals surface area contributed by atoms with Gasteiger partial charge in [0.25, 0.3) is 0 Å². The first kappa shape index (κ1) is 15.5. The first-order valence-corrected chi connectivity index (χ1v) is 7.13. The molecule has 0 fully saturated rings. The van der Waals surface area contributed by atoms with Crippen LogP contribution in [-0.2, 0) is 6.61 Å². The number of aliphatic imine (C=N–C) groups is 1. The predicted molar refractivity (Wildman–Crippen MR) is 85.2 cm³/mol. The number of benzene rings is 2. The lowest BCUT2D eigenvalue weighted by Gasteiger charge is -2.08. The molecule has 2 nitrogen and oxygen atoms in total. The van der Waals surface area contributed by atoms with Crippen molar-refractivity contribution in [2.24, 2.45) is 10.9 Å². The van der Waals surface area contributed by atoms with E-state index in [1.54, 1.807) is 24.3 Å². The van der Waals surface area contributed by atoms with Gasteiger partial charge >= 0.3 is 0 Å². The van der Waals surface area contributed by atoms with Crippen LogP contribution in [0.25, 0.3) is 0 Å². The molecular weight excluding hydrogens is 289 g/mol. The number of hydrogen-bond donors (Lipinski definition) is 0. The van der Waals surface area contributed by atoms with Crippen LogP contribution in [0.4, 0.5) is 10.1 Å². The molecule has 0 aliphatic rings. The number of hydrogen-bond acceptors (Lipinski definition) is 2. The Bertz CT molecular complexity index is 640. The standard InChI is InChI=1S/C17H17ClFNO/c1-12(2)10-20-15-6-7-17(16(18)9-15)21-11-13-4-3-5-14(19)8-13/h3-10,12H,11H2,1-2H3. The average Bonchev–Trinajstić information content (AvgIpc) is 2.44. The van der Waals surface area contributed by atoms with Gasteiger partial charge in [0.2, 0.25) is 0 Å². The molecule has 0 amide bonds. The number of ether oxygens (including phenoxy) is 1. The molecule has 4 heteroatoms. The van der Waals surface area contributed by atoms with Gasteiger partial charge in [-0.05, 0) is 41.8 Å². The Morgan fingerprint density at radius 2 is 2.05 bits per heavy atom. The van der Waals surface area contributed by atoms with Crippen LogP contribution in [0.3, 0.4) is 0 Å². The van der Waals surface area contributed by atoms with Gasteiger partial charge < -0.3 is 4.74 Å². The summed E-state index contributed by atoms with van der Waals surface area (Å²) in [6, 6.07) is 11.7. The summed E-state index contributed by atoms with van der Waals surface area (Å²) in [7, 11) is 0. The van der Waals surface area contributed by atoms with Gasteiger partial charge in [-0.1, -0.05) is 37.6 Å². The van der Waals surface area contributed by atoms with E-state index in [0.717, 1.165) is 11.3 Å². The summed E-state index contributed by atoms with van der Waals surface area (Å²) >= 11 is 6.17. The second kappa shape index (κ2) is 7.23.